The van der Waals surface area contributed by atoms with E-state index >= 15 is 0 Å². The van der Waals surface area contributed by atoms with Crippen molar-refractivity contribution in [3.8, 4) is 11.5 Å². The number of nitrogens with zero attached hydrogens (tertiary/aromatic N) is 5. The quantitative estimate of drug-likeness (QED) is 0.175. The SMILES string of the molecule is COc1ccc(N=Nc2c(S(N=O)(N=O)N=O)cc3c(S(=O)(=O)O)c(C)ccc3c2O)c(S(=O)(=O)O)c1. The summed E-state index contributed by atoms with van der Waals surface area (Å²) < 4.78 is 78.9. The van der Waals surface area contributed by atoms with Crippen LogP contribution < -0.4 is 4.74 Å². The first-order chi connectivity index (χ1) is 17.2. The smallest absolute Gasteiger partial charge is 0.296 e. The van der Waals surface area contributed by atoms with E-state index in [0.717, 1.165) is 18.2 Å². The second-order valence-electron chi connectivity index (χ2n) is 7.10. The van der Waals surface area contributed by atoms with Gasteiger partial charge < -0.3 is 9.84 Å². The van der Waals surface area contributed by atoms with Crippen LogP contribution >= 0.6 is 10.6 Å². The molecule has 3 rings (SSSR count). The fourth-order valence-electron chi connectivity index (χ4n) is 3.33. The molecule has 19 heteroatoms. The Morgan fingerprint density at radius 2 is 1.41 bits per heavy atom. The van der Waals surface area contributed by atoms with Crippen LogP contribution in [0.15, 0.2) is 75.1 Å². The highest BCUT2D eigenvalue weighted by Crippen LogP contribution is 2.65. The Balaban J connectivity index is 2.48. The van der Waals surface area contributed by atoms with Crippen molar-refractivity contribution < 1.29 is 35.8 Å². The third-order valence-electron chi connectivity index (χ3n) is 4.95. The number of hydrogen-bond acceptors (Lipinski definition) is 14. The molecule has 0 saturated heterocycles. The van der Waals surface area contributed by atoms with Gasteiger partial charge in [-0.25, -0.2) is 0 Å². The van der Waals surface area contributed by atoms with E-state index in [2.05, 4.69) is 24.0 Å². The number of benzene rings is 3. The molecule has 196 valence electrons. The summed E-state index contributed by atoms with van der Waals surface area (Å²) in [6.07, 6.45) is 0. The van der Waals surface area contributed by atoms with Gasteiger partial charge in [0.15, 0.2) is 16.3 Å². The molecule has 3 N–H and O–H groups in total. The number of phenols is 1. The Bertz CT molecular complexity index is 1680. The number of nitroso groups, excluding NO2 is 3. The molecular formula is C18H15N5O11S3. The molecule has 0 radical (unpaired) electrons. The fraction of sp³-hybridized carbons (Fsp3) is 0.111. The summed E-state index contributed by atoms with van der Waals surface area (Å²) >= 11 is 0. The summed E-state index contributed by atoms with van der Waals surface area (Å²) in [6.45, 7) is 1.29. The molecule has 0 bridgehead atoms. The molecule has 0 spiro atoms. The predicted octanol–water partition coefficient (Wildman–Crippen LogP) is 4.98. The number of fused-ring (bicyclic) bond motifs is 1. The molecule has 3 aromatic rings. The summed E-state index contributed by atoms with van der Waals surface area (Å²) in [4.78, 5) is 32.2. The molecule has 0 aliphatic rings. The number of azo groups is 1. The van der Waals surface area contributed by atoms with Gasteiger partial charge in [-0.3, -0.25) is 9.11 Å². The number of ether oxygens (including phenoxy) is 1. The lowest BCUT2D eigenvalue weighted by atomic mass is 10.1. The lowest BCUT2D eigenvalue weighted by Gasteiger charge is -2.19. The Kier molecular flexibility index (Phi) is 7.37. The Hall–Kier alpha value is -3.91. The molecule has 16 nitrogen and oxygen atoms in total. The number of phenolic OH excluding ortho intramolecular Hbond substituents is 1. The minimum Gasteiger partial charge on any atom is -0.505 e. The standard InChI is InChI=1S/C18H15N5O11S3/c1-9-3-5-11-12(18(9)37(31,32)33)8-15(35(21-25,22-26)23-27)16(17(11)24)20-19-13-6-4-10(34-2)7-14(13)36(28,29)30/h3-8,24H,1-2H3,(H,28,29,30)(H,31,32,33). The lowest BCUT2D eigenvalue weighted by molar-refractivity contribution is 0.412. The van der Waals surface area contributed by atoms with E-state index in [9.17, 15) is 45.8 Å². The highest BCUT2D eigenvalue weighted by molar-refractivity contribution is 8.30. The number of rotatable bonds is 9. The molecule has 0 amide bonds. The van der Waals surface area contributed by atoms with Crippen molar-refractivity contribution in [3.05, 3.63) is 56.7 Å². The maximum atomic E-state index is 12.0. The van der Waals surface area contributed by atoms with E-state index < -0.39 is 68.0 Å². The molecule has 37 heavy (non-hydrogen) atoms. The van der Waals surface area contributed by atoms with Gasteiger partial charge in [0, 0.05) is 30.6 Å². The van der Waals surface area contributed by atoms with Crippen molar-refractivity contribution in [1.82, 2.24) is 0 Å². The van der Waals surface area contributed by atoms with Crippen LogP contribution in [0.5, 0.6) is 11.5 Å². The van der Waals surface area contributed by atoms with Crippen LogP contribution in [0.1, 0.15) is 5.56 Å². The van der Waals surface area contributed by atoms with Gasteiger partial charge in [-0.1, -0.05) is 12.1 Å². The summed E-state index contributed by atoms with van der Waals surface area (Å²) in [7, 11) is -13.0. The molecule has 3 aromatic carbocycles. The normalized spacial score (nSPS) is 13.0. The molecule has 0 unspecified atom stereocenters. The van der Waals surface area contributed by atoms with E-state index in [-0.39, 0.29) is 16.7 Å². The van der Waals surface area contributed by atoms with E-state index in [4.69, 9.17) is 4.74 Å². The second kappa shape index (κ2) is 9.86. The van der Waals surface area contributed by atoms with Crippen molar-refractivity contribution >= 4 is 53.0 Å². The maximum absolute atomic E-state index is 12.0. The Morgan fingerprint density at radius 1 is 0.784 bits per heavy atom. The average molecular weight is 574 g/mol. The molecular weight excluding hydrogens is 558 g/mol. The van der Waals surface area contributed by atoms with Crippen LogP contribution in [-0.2, 0) is 20.2 Å². The topological polar surface area (TPSA) is 251 Å². The van der Waals surface area contributed by atoms with Gasteiger partial charge in [0.25, 0.3) is 20.2 Å². The van der Waals surface area contributed by atoms with Crippen LogP contribution in [0.2, 0.25) is 0 Å². The lowest BCUT2D eigenvalue weighted by Crippen LogP contribution is -2.03. The summed E-state index contributed by atoms with van der Waals surface area (Å²) in [5.41, 5.74) is -1.33. The zero-order valence-electron chi connectivity index (χ0n) is 18.5. The first-order valence-corrected chi connectivity index (χ1v) is 13.8. The third kappa shape index (κ3) is 5.02. The number of hydrogen-bond donors (Lipinski definition) is 3. The minimum atomic E-state index is -4.94. The van der Waals surface area contributed by atoms with Crippen LogP contribution in [0.3, 0.4) is 0 Å². The largest absolute Gasteiger partial charge is 0.505 e. The predicted molar refractivity (Wildman–Crippen MR) is 130 cm³/mol. The molecule has 0 aromatic heterocycles. The summed E-state index contributed by atoms with van der Waals surface area (Å²) in [5.74, 6) is -0.936. The molecule has 0 saturated carbocycles. The minimum absolute atomic E-state index is 0.0106. The van der Waals surface area contributed by atoms with Gasteiger partial charge in [0.2, 0.25) is 0 Å². The van der Waals surface area contributed by atoms with Gasteiger partial charge in [0.05, 0.1) is 12.0 Å². The first-order valence-electron chi connectivity index (χ1n) is 9.45. The fourth-order valence-corrected chi connectivity index (χ4v) is 5.88. The Labute approximate surface area is 209 Å². The molecule has 0 heterocycles. The van der Waals surface area contributed by atoms with Crippen molar-refractivity contribution in [3.63, 3.8) is 0 Å². The second-order valence-corrected chi connectivity index (χ2v) is 11.8. The van der Waals surface area contributed by atoms with Gasteiger partial charge in [-0.05, 0) is 30.7 Å². The van der Waals surface area contributed by atoms with Gasteiger partial charge in [-0.15, -0.1) is 24.9 Å². The van der Waals surface area contributed by atoms with E-state index in [0.29, 0.717) is 0 Å². The van der Waals surface area contributed by atoms with Crippen LogP contribution in [0, 0.1) is 21.6 Å². The van der Waals surface area contributed by atoms with Crippen molar-refractivity contribution in [2.45, 2.75) is 21.6 Å². The van der Waals surface area contributed by atoms with Crippen LogP contribution in [-0.4, -0.2) is 38.2 Å². The molecule has 0 aliphatic carbocycles. The Morgan fingerprint density at radius 3 is 1.92 bits per heavy atom. The monoisotopic (exact) mass is 573 g/mol. The van der Waals surface area contributed by atoms with Gasteiger partial charge in [-0.2, -0.15) is 16.8 Å². The van der Waals surface area contributed by atoms with Crippen molar-refractivity contribution in [2.24, 2.45) is 24.0 Å². The van der Waals surface area contributed by atoms with Gasteiger partial charge in [0.1, 0.15) is 26.9 Å². The van der Waals surface area contributed by atoms with E-state index in [1.807, 2.05) is 0 Å². The highest BCUT2D eigenvalue weighted by atomic mass is 32.3. The summed E-state index contributed by atoms with van der Waals surface area (Å²) in [5, 5.41) is 17.5. The number of aromatic hydroxyl groups is 1. The average Bonchev–Trinajstić information content (AvgIpc) is 2.83. The number of methoxy groups -OCH3 is 1. The molecule has 0 atom stereocenters. The van der Waals surface area contributed by atoms with Crippen LogP contribution in [0.4, 0.5) is 11.4 Å². The van der Waals surface area contributed by atoms with Crippen LogP contribution in [0.25, 0.3) is 10.8 Å². The number of aryl methyl sites for hydroxylation is 1. The van der Waals surface area contributed by atoms with Crippen molar-refractivity contribution in [2.75, 3.05) is 7.11 Å². The molecule has 0 fully saturated rings. The molecule has 0 aliphatic heterocycles. The first kappa shape index (κ1) is 27.7. The summed E-state index contributed by atoms with van der Waals surface area (Å²) in [6, 6.07) is 6.35. The zero-order valence-corrected chi connectivity index (χ0v) is 21.0. The van der Waals surface area contributed by atoms with E-state index in [1.165, 1.54) is 32.2 Å². The zero-order chi connectivity index (χ0) is 27.8. The van der Waals surface area contributed by atoms with E-state index in [1.54, 1.807) is 0 Å². The maximum Gasteiger partial charge on any atom is 0.296 e. The van der Waals surface area contributed by atoms with Crippen molar-refractivity contribution in [1.29, 1.82) is 0 Å². The van der Waals surface area contributed by atoms with Gasteiger partial charge >= 0.3 is 0 Å². The third-order valence-corrected chi connectivity index (χ3v) is 8.41. The highest BCUT2D eigenvalue weighted by Gasteiger charge is 2.37.